The first kappa shape index (κ1) is 25.6. The second kappa shape index (κ2) is 10.5. The first-order valence-electron chi connectivity index (χ1n) is 13.6. The Kier molecular flexibility index (Phi) is 6.68. The number of pyridine rings is 2. The van der Waals surface area contributed by atoms with Crippen LogP contribution < -0.4 is 0 Å². The zero-order valence-corrected chi connectivity index (χ0v) is 23.2. The van der Waals surface area contributed by atoms with Crippen LogP contribution in [0.1, 0.15) is 50.8 Å². The van der Waals surface area contributed by atoms with Crippen molar-refractivity contribution in [3.63, 3.8) is 0 Å². The van der Waals surface area contributed by atoms with Gasteiger partial charge in [0.15, 0.2) is 11.6 Å². The first-order chi connectivity index (χ1) is 19.4. The van der Waals surface area contributed by atoms with Gasteiger partial charge >= 0.3 is 0 Å². The van der Waals surface area contributed by atoms with E-state index in [1.165, 1.54) is 5.56 Å². The summed E-state index contributed by atoms with van der Waals surface area (Å²) >= 11 is 0. The molecule has 6 rings (SSSR count). The molecule has 3 aromatic heterocycles. The zero-order valence-electron chi connectivity index (χ0n) is 23.2. The number of aliphatic imine (C=N–C) groups is 1. The summed E-state index contributed by atoms with van der Waals surface area (Å²) in [4.78, 5) is 14.7. The highest BCUT2D eigenvalue weighted by atomic mass is 15.3. The molecule has 0 fully saturated rings. The summed E-state index contributed by atoms with van der Waals surface area (Å²) in [6.45, 7) is 8.83. The molecule has 1 aliphatic heterocycles. The molecular weight excluding hydrogens is 492 g/mol. The van der Waals surface area contributed by atoms with Gasteiger partial charge in [-0.15, -0.1) is 10.2 Å². The molecule has 4 heterocycles. The minimum atomic E-state index is -0.0944. The van der Waals surface area contributed by atoms with Gasteiger partial charge in [0.2, 0.25) is 0 Å². The summed E-state index contributed by atoms with van der Waals surface area (Å²) in [7, 11) is 0. The second-order valence-electron chi connectivity index (χ2n) is 11.2. The van der Waals surface area contributed by atoms with Crippen LogP contribution in [0.15, 0.2) is 114 Å². The van der Waals surface area contributed by atoms with E-state index in [1.54, 1.807) is 0 Å². The van der Waals surface area contributed by atoms with E-state index in [2.05, 4.69) is 85.4 Å². The highest BCUT2D eigenvalue weighted by Gasteiger charge is 2.26. The molecule has 0 N–H and O–H groups in total. The van der Waals surface area contributed by atoms with Crippen molar-refractivity contribution in [2.24, 2.45) is 10.9 Å². The SMILES string of the molecule is CC1C=CC(c2nnc(-c3cccc(-c4ccc(C(C)(C)C)cc4)n3)n2-c2ccccc2)=NC1c1ccccn1. The van der Waals surface area contributed by atoms with Crippen molar-refractivity contribution in [1.82, 2.24) is 24.7 Å². The summed E-state index contributed by atoms with van der Waals surface area (Å²) in [6.07, 6.45) is 6.03. The van der Waals surface area contributed by atoms with E-state index >= 15 is 0 Å². The van der Waals surface area contributed by atoms with E-state index in [1.807, 2.05) is 71.4 Å². The molecule has 0 spiro atoms. The van der Waals surface area contributed by atoms with Crippen molar-refractivity contribution < 1.29 is 0 Å². The van der Waals surface area contributed by atoms with Gasteiger partial charge in [-0.2, -0.15) is 0 Å². The van der Waals surface area contributed by atoms with Gasteiger partial charge in [0, 0.05) is 23.4 Å². The number of dihydropyridines is 1. The molecule has 6 heteroatoms. The van der Waals surface area contributed by atoms with Crippen molar-refractivity contribution in [3.8, 4) is 28.5 Å². The van der Waals surface area contributed by atoms with E-state index in [0.717, 1.165) is 34.0 Å². The minimum Gasteiger partial charge on any atom is -0.272 e. The van der Waals surface area contributed by atoms with Crippen molar-refractivity contribution in [2.45, 2.75) is 39.2 Å². The molecule has 2 unspecified atom stereocenters. The molecule has 198 valence electrons. The Labute approximate surface area is 235 Å². The molecule has 0 radical (unpaired) electrons. The van der Waals surface area contributed by atoms with E-state index in [4.69, 9.17) is 9.98 Å². The maximum Gasteiger partial charge on any atom is 0.187 e. The maximum absolute atomic E-state index is 5.11. The Morgan fingerprint density at radius 2 is 1.45 bits per heavy atom. The molecule has 2 atom stereocenters. The van der Waals surface area contributed by atoms with Gasteiger partial charge < -0.3 is 0 Å². The lowest BCUT2D eigenvalue weighted by atomic mass is 9.86. The lowest BCUT2D eigenvalue weighted by Gasteiger charge is -2.22. The van der Waals surface area contributed by atoms with Crippen molar-refractivity contribution in [1.29, 1.82) is 0 Å². The highest BCUT2D eigenvalue weighted by molar-refractivity contribution is 6.07. The number of nitrogens with zero attached hydrogens (tertiary/aromatic N) is 6. The molecular formula is C34H32N6. The molecule has 40 heavy (non-hydrogen) atoms. The van der Waals surface area contributed by atoms with Crippen LogP contribution in [0.4, 0.5) is 0 Å². The summed E-state index contributed by atoms with van der Waals surface area (Å²) < 4.78 is 2.05. The predicted molar refractivity (Wildman–Crippen MR) is 161 cm³/mol. The van der Waals surface area contributed by atoms with Crippen LogP contribution in [0.5, 0.6) is 0 Å². The zero-order chi connectivity index (χ0) is 27.7. The second-order valence-corrected chi connectivity index (χ2v) is 11.2. The average Bonchev–Trinajstić information content (AvgIpc) is 3.43. The summed E-state index contributed by atoms with van der Waals surface area (Å²) in [5.41, 5.74) is 6.74. The van der Waals surface area contributed by atoms with Crippen LogP contribution in [-0.4, -0.2) is 30.4 Å². The van der Waals surface area contributed by atoms with Crippen LogP contribution in [-0.2, 0) is 5.41 Å². The first-order valence-corrected chi connectivity index (χ1v) is 13.6. The number of rotatable bonds is 5. The monoisotopic (exact) mass is 524 g/mol. The third-order valence-corrected chi connectivity index (χ3v) is 7.26. The standard InChI is InChI=1S/C34H32N6/c1-23-16-21-30(37-31(23)28-13-8-9-22-35-28)33-39-38-32(40(33)26-11-6-5-7-12-26)29-15-10-14-27(36-29)24-17-19-25(20-18-24)34(2,3)4/h5-23,31H,1-4H3. The average molecular weight is 525 g/mol. The maximum atomic E-state index is 5.11. The van der Waals surface area contributed by atoms with Gasteiger partial charge in [-0.25, -0.2) is 4.98 Å². The predicted octanol–water partition coefficient (Wildman–Crippen LogP) is 7.43. The minimum absolute atomic E-state index is 0.0944. The van der Waals surface area contributed by atoms with Gasteiger partial charge in [0.25, 0.3) is 0 Å². The molecule has 1 aliphatic rings. The largest absolute Gasteiger partial charge is 0.272 e. The van der Waals surface area contributed by atoms with E-state index in [9.17, 15) is 0 Å². The Hall–Kier alpha value is -4.71. The third-order valence-electron chi connectivity index (χ3n) is 7.26. The number of hydrogen-bond acceptors (Lipinski definition) is 5. The molecule has 0 bridgehead atoms. The summed E-state index contributed by atoms with van der Waals surface area (Å²) in [5.74, 6) is 1.56. The smallest absolute Gasteiger partial charge is 0.187 e. The number of benzene rings is 2. The Bertz CT molecular complexity index is 1680. The Morgan fingerprint density at radius 3 is 2.17 bits per heavy atom. The lowest BCUT2D eigenvalue weighted by molar-refractivity contribution is 0.549. The number of allylic oxidation sites excluding steroid dienone is 1. The van der Waals surface area contributed by atoms with Crippen molar-refractivity contribution >= 4 is 5.71 Å². The fourth-order valence-electron chi connectivity index (χ4n) is 4.98. The molecule has 6 nitrogen and oxygen atoms in total. The number of para-hydroxylation sites is 1. The molecule has 0 saturated heterocycles. The fourth-order valence-corrected chi connectivity index (χ4v) is 4.98. The van der Waals surface area contributed by atoms with Gasteiger partial charge in [0.1, 0.15) is 11.4 Å². The van der Waals surface area contributed by atoms with Crippen LogP contribution >= 0.6 is 0 Å². The van der Waals surface area contributed by atoms with Crippen LogP contribution in [0, 0.1) is 5.92 Å². The van der Waals surface area contributed by atoms with Crippen molar-refractivity contribution in [3.05, 3.63) is 126 Å². The molecule has 2 aromatic carbocycles. The van der Waals surface area contributed by atoms with Gasteiger partial charge in [-0.05, 0) is 53.5 Å². The fraction of sp³-hybridized carbons (Fsp3) is 0.206. The molecule has 0 amide bonds. The third kappa shape index (κ3) is 5.00. The topological polar surface area (TPSA) is 68.8 Å². The van der Waals surface area contributed by atoms with Crippen LogP contribution in [0.25, 0.3) is 28.5 Å². The lowest BCUT2D eigenvalue weighted by Crippen LogP contribution is -2.18. The summed E-state index contributed by atoms with van der Waals surface area (Å²) in [5, 5.41) is 9.31. The Balaban J connectivity index is 1.44. The quantitative estimate of drug-likeness (QED) is 0.240. The molecule has 5 aromatic rings. The highest BCUT2D eigenvalue weighted by Crippen LogP contribution is 2.32. The Morgan fingerprint density at radius 1 is 0.725 bits per heavy atom. The normalized spacial score (nSPS) is 17.1. The summed E-state index contributed by atoms with van der Waals surface area (Å²) in [6, 6.07) is 30.7. The van der Waals surface area contributed by atoms with Gasteiger partial charge in [0.05, 0.1) is 17.4 Å². The van der Waals surface area contributed by atoms with Gasteiger partial charge in [-0.1, -0.05) is 88.4 Å². The van der Waals surface area contributed by atoms with E-state index in [-0.39, 0.29) is 17.4 Å². The van der Waals surface area contributed by atoms with E-state index < -0.39 is 0 Å². The number of aromatic nitrogens is 5. The molecule has 0 saturated carbocycles. The number of hydrogen-bond donors (Lipinski definition) is 0. The molecule has 0 aliphatic carbocycles. The van der Waals surface area contributed by atoms with Crippen molar-refractivity contribution in [2.75, 3.05) is 0 Å². The van der Waals surface area contributed by atoms with Crippen LogP contribution in [0.2, 0.25) is 0 Å². The van der Waals surface area contributed by atoms with E-state index in [0.29, 0.717) is 11.6 Å². The van der Waals surface area contributed by atoms with Crippen LogP contribution in [0.3, 0.4) is 0 Å². The van der Waals surface area contributed by atoms with Gasteiger partial charge in [-0.3, -0.25) is 14.5 Å².